The highest BCUT2D eigenvalue weighted by molar-refractivity contribution is 5.95. The number of hydrogen-bond acceptors (Lipinski definition) is 5. The van der Waals surface area contributed by atoms with Crippen molar-refractivity contribution in [3.63, 3.8) is 0 Å². The van der Waals surface area contributed by atoms with Crippen molar-refractivity contribution < 1.29 is 19.1 Å². The second-order valence-electron chi connectivity index (χ2n) is 5.34. The summed E-state index contributed by atoms with van der Waals surface area (Å²) in [6.45, 7) is 1.68. The fraction of sp³-hybridized carbons (Fsp3) is 0.500. The zero-order valence-corrected chi connectivity index (χ0v) is 13.5. The number of benzene rings is 1. The summed E-state index contributed by atoms with van der Waals surface area (Å²) in [6, 6.07) is 5.06. The van der Waals surface area contributed by atoms with Crippen LogP contribution in [-0.2, 0) is 4.79 Å². The molecule has 1 aliphatic rings. The van der Waals surface area contributed by atoms with Crippen LogP contribution >= 0.6 is 0 Å². The van der Waals surface area contributed by atoms with Crippen molar-refractivity contribution in [1.82, 2.24) is 16.0 Å². The predicted molar refractivity (Wildman–Crippen MR) is 85.9 cm³/mol. The maximum Gasteiger partial charge on any atom is 0.257 e. The number of hydrogen-bond donors (Lipinski definition) is 3. The Labute approximate surface area is 135 Å². The number of piperidine rings is 1. The molecular weight excluding hydrogens is 298 g/mol. The topological polar surface area (TPSA) is 88.7 Å². The number of methoxy groups -OCH3 is 1. The minimum absolute atomic E-state index is 0.105. The molecule has 7 heteroatoms. The molecule has 1 saturated heterocycles. The van der Waals surface area contributed by atoms with E-state index < -0.39 is 0 Å². The quantitative estimate of drug-likeness (QED) is 0.701. The van der Waals surface area contributed by atoms with Gasteiger partial charge in [-0.1, -0.05) is 0 Å². The van der Waals surface area contributed by atoms with E-state index in [1.165, 1.54) is 14.2 Å². The molecule has 23 heavy (non-hydrogen) atoms. The number of likely N-dealkylation sites (N-methyl/N-ethyl adjacent to an activating group) is 1. The van der Waals surface area contributed by atoms with E-state index in [0.29, 0.717) is 17.1 Å². The van der Waals surface area contributed by atoms with Gasteiger partial charge in [0.05, 0.1) is 7.11 Å². The van der Waals surface area contributed by atoms with E-state index in [0.717, 1.165) is 25.9 Å². The Morgan fingerprint density at radius 3 is 2.83 bits per heavy atom. The van der Waals surface area contributed by atoms with Gasteiger partial charge in [0.25, 0.3) is 11.8 Å². The lowest BCUT2D eigenvalue weighted by Gasteiger charge is -2.24. The Kier molecular flexibility index (Phi) is 6.22. The summed E-state index contributed by atoms with van der Waals surface area (Å²) in [7, 11) is 3.03. The van der Waals surface area contributed by atoms with Crippen molar-refractivity contribution in [2.75, 3.05) is 33.9 Å². The first-order valence-electron chi connectivity index (χ1n) is 7.67. The van der Waals surface area contributed by atoms with Gasteiger partial charge in [0.2, 0.25) is 0 Å². The van der Waals surface area contributed by atoms with E-state index in [1.54, 1.807) is 18.2 Å². The highest BCUT2D eigenvalue weighted by atomic mass is 16.5. The fourth-order valence-corrected chi connectivity index (χ4v) is 2.39. The van der Waals surface area contributed by atoms with Gasteiger partial charge in [-0.3, -0.25) is 9.59 Å². The zero-order valence-electron chi connectivity index (χ0n) is 13.5. The average Bonchev–Trinajstić information content (AvgIpc) is 2.60. The molecule has 1 fully saturated rings. The number of rotatable bonds is 6. The van der Waals surface area contributed by atoms with Crippen LogP contribution in [0.2, 0.25) is 0 Å². The number of ether oxygens (including phenoxy) is 2. The van der Waals surface area contributed by atoms with Crippen LogP contribution in [0.15, 0.2) is 18.2 Å². The van der Waals surface area contributed by atoms with Crippen LogP contribution in [0.25, 0.3) is 0 Å². The molecule has 0 bridgehead atoms. The lowest BCUT2D eigenvalue weighted by molar-refractivity contribution is -0.122. The standard InChI is InChI=1S/C16H23N3O4/c1-17-15(20)10-23-13-6-5-11(8-14(13)22-2)16(21)19-12-4-3-7-18-9-12/h5-6,8,12,18H,3-4,7,9-10H2,1-2H3,(H,17,20)(H,19,21)/t12-/m0/s1. The predicted octanol–water partition coefficient (Wildman–Crippen LogP) is 0.302. The third kappa shape index (κ3) is 4.85. The smallest absolute Gasteiger partial charge is 0.257 e. The van der Waals surface area contributed by atoms with Gasteiger partial charge in [0, 0.05) is 25.2 Å². The second kappa shape index (κ2) is 8.38. The van der Waals surface area contributed by atoms with Gasteiger partial charge in [-0.25, -0.2) is 0 Å². The van der Waals surface area contributed by atoms with Crippen LogP contribution in [0.5, 0.6) is 11.5 Å². The highest BCUT2D eigenvalue weighted by Crippen LogP contribution is 2.28. The monoisotopic (exact) mass is 321 g/mol. The molecule has 0 spiro atoms. The van der Waals surface area contributed by atoms with Crippen molar-refractivity contribution in [3.8, 4) is 11.5 Å². The van der Waals surface area contributed by atoms with E-state index in [2.05, 4.69) is 16.0 Å². The van der Waals surface area contributed by atoms with Crippen molar-refractivity contribution in [2.45, 2.75) is 18.9 Å². The fourth-order valence-electron chi connectivity index (χ4n) is 2.39. The zero-order chi connectivity index (χ0) is 16.7. The molecule has 1 aromatic carbocycles. The van der Waals surface area contributed by atoms with Crippen LogP contribution in [0, 0.1) is 0 Å². The summed E-state index contributed by atoms with van der Waals surface area (Å²) in [5.74, 6) is 0.462. The Bertz CT molecular complexity index is 556. The summed E-state index contributed by atoms with van der Waals surface area (Å²) in [4.78, 5) is 23.5. The number of amides is 2. The molecular formula is C16H23N3O4. The summed E-state index contributed by atoms with van der Waals surface area (Å²) >= 11 is 0. The third-order valence-electron chi connectivity index (χ3n) is 3.70. The van der Waals surface area contributed by atoms with Crippen LogP contribution < -0.4 is 25.4 Å². The first-order chi connectivity index (χ1) is 11.1. The Morgan fingerprint density at radius 2 is 2.17 bits per heavy atom. The molecule has 7 nitrogen and oxygen atoms in total. The highest BCUT2D eigenvalue weighted by Gasteiger charge is 2.17. The molecule has 2 rings (SSSR count). The lowest BCUT2D eigenvalue weighted by Crippen LogP contribution is -2.45. The summed E-state index contributed by atoms with van der Waals surface area (Å²) in [5.41, 5.74) is 0.500. The first-order valence-corrected chi connectivity index (χ1v) is 7.67. The van der Waals surface area contributed by atoms with Gasteiger partial charge >= 0.3 is 0 Å². The maximum absolute atomic E-state index is 12.3. The van der Waals surface area contributed by atoms with Gasteiger partial charge < -0.3 is 25.4 Å². The van der Waals surface area contributed by atoms with Gasteiger partial charge in [-0.2, -0.15) is 0 Å². The molecule has 1 atom stereocenters. The minimum atomic E-state index is -0.237. The molecule has 0 aliphatic carbocycles. The van der Waals surface area contributed by atoms with Crippen molar-refractivity contribution in [3.05, 3.63) is 23.8 Å². The summed E-state index contributed by atoms with van der Waals surface area (Å²) < 4.78 is 10.6. The summed E-state index contributed by atoms with van der Waals surface area (Å²) in [5, 5.41) is 8.74. The van der Waals surface area contributed by atoms with Crippen LogP contribution in [-0.4, -0.2) is 51.7 Å². The Morgan fingerprint density at radius 1 is 1.35 bits per heavy atom. The van der Waals surface area contributed by atoms with Crippen LogP contribution in [0.1, 0.15) is 23.2 Å². The SMILES string of the molecule is CNC(=O)COc1ccc(C(=O)N[C@H]2CCCNC2)cc1OC. The molecule has 126 valence electrons. The van der Waals surface area contributed by atoms with E-state index in [4.69, 9.17) is 9.47 Å². The van der Waals surface area contributed by atoms with Gasteiger partial charge in [-0.05, 0) is 37.6 Å². The van der Waals surface area contributed by atoms with E-state index in [1.807, 2.05) is 0 Å². The average molecular weight is 321 g/mol. The van der Waals surface area contributed by atoms with Crippen molar-refractivity contribution >= 4 is 11.8 Å². The molecule has 1 aromatic rings. The Hall–Kier alpha value is -2.28. The number of nitrogens with one attached hydrogen (secondary N) is 3. The molecule has 1 heterocycles. The van der Waals surface area contributed by atoms with E-state index in [9.17, 15) is 9.59 Å². The van der Waals surface area contributed by atoms with Gasteiger partial charge in [-0.15, -0.1) is 0 Å². The third-order valence-corrected chi connectivity index (χ3v) is 3.70. The van der Waals surface area contributed by atoms with Gasteiger partial charge in [0.15, 0.2) is 18.1 Å². The molecule has 3 N–H and O–H groups in total. The van der Waals surface area contributed by atoms with E-state index >= 15 is 0 Å². The minimum Gasteiger partial charge on any atom is -0.493 e. The molecule has 0 aromatic heterocycles. The normalized spacial score (nSPS) is 17.2. The van der Waals surface area contributed by atoms with Crippen molar-refractivity contribution in [2.24, 2.45) is 0 Å². The summed E-state index contributed by atoms with van der Waals surface area (Å²) in [6.07, 6.45) is 2.03. The maximum atomic E-state index is 12.3. The van der Waals surface area contributed by atoms with Crippen LogP contribution in [0.4, 0.5) is 0 Å². The van der Waals surface area contributed by atoms with E-state index in [-0.39, 0.29) is 24.5 Å². The van der Waals surface area contributed by atoms with Crippen LogP contribution in [0.3, 0.4) is 0 Å². The lowest BCUT2D eigenvalue weighted by atomic mass is 10.1. The Balaban J connectivity index is 2.02. The van der Waals surface area contributed by atoms with Crippen molar-refractivity contribution in [1.29, 1.82) is 0 Å². The number of carbonyl (C=O) groups is 2. The molecule has 2 amide bonds. The molecule has 1 aliphatic heterocycles. The largest absolute Gasteiger partial charge is 0.493 e. The molecule has 0 radical (unpaired) electrons. The molecule has 0 unspecified atom stereocenters. The van der Waals surface area contributed by atoms with Gasteiger partial charge in [0.1, 0.15) is 0 Å². The molecule has 0 saturated carbocycles. The number of carbonyl (C=O) groups excluding carboxylic acids is 2. The second-order valence-corrected chi connectivity index (χ2v) is 5.34. The first kappa shape index (κ1) is 17.1.